The third-order valence-electron chi connectivity index (χ3n) is 2.88. The summed E-state index contributed by atoms with van der Waals surface area (Å²) in [6.07, 6.45) is 4.22. The van der Waals surface area contributed by atoms with Gasteiger partial charge in [0.15, 0.2) is 0 Å². The lowest BCUT2D eigenvalue weighted by molar-refractivity contribution is 0.395. The molecule has 0 amide bonds. The first kappa shape index (κ1) is 13.8. The van der Waals surface area contributed by atoms with Gasteiger partial charge in [0.25, 0.3) is 0 Å². The molecule has 2 aromatic rings. The molecule has 0 saturated heterocycles. The van der Waals surface area contributed by atoms with E-state index in [4.69, 9.17) is 10.5 Å². The van der Waals surface area contributed by atoms with Crippen molar-refractivity contribution < 1.29 is 4.74 Å². The Morgan fingerprint density at radius 3 is 2.84 bits per heavy atom. The lowest BCUT2D eigenvalue weighted by Gasteiger charge is -2.15. The smallest absolute Gasteiger partial charge is 0.216 e. The van der Waals surface area contributed by atoms with E-state index >= 15 is 0 Å². The maximum absolute atomic E-state index is 6.28. The standard InChI is InChI=1S/C14H17N3OS/c1-18-14-8-10(16-9-17-14)7-12(15)11-5-3-4-6-13(11)19-2/h3-6,8-9,12H,7,15H2,1-2H3. The van der Waals surface area contributed by atoms with Gasteiger partial charge in [-0.15, -0.1) is 11.8 Å². The molecular formula is C14H17N3OS. The minimum Gasteiger partial charge on any atom is -0.481 e. The van der Waals surface area contributed by atoms with Crippen molar-refractivity contribution in [2.75, 3.05) is 13.4 Å². The maximum atomic E-state index is 6.28. The van der Waals surface area contributed by atoms with Crippen LogP contribution in [-0.4, -0.2) is 23.3 Å². The number of nitrogens with two attached hydrogens (primary N) is 1. The molecule has 2 rings (SSSR count). The van der Waals surface area contributed by atoms with Crippen LogP contribution in [0, 0.1) is 0 Å². The van der Waals surface area contributed by atoms with E-state index in [1.807, 2.05) is 18.2 Å². The Morgan fingerprint density at radius 1 is 1.32 bits per heavy atom. The van der Waals surface area contributed by atoms with Crippen molar-refractivity contribution in [3.8, 4) is 5.88 Å². The average Bonchev–Trinajstić information content (AvgIpc) is 2.47. The van der Waals surface area contributed by atoms with E-state index in [0.29, 0.717) is 12.3 Å². The van der Waals surface area contributed by atoms with Gasteiger partial charge in [0, 0.05) is 29.1 Å². The molecule has 1 unspecified atom stereocenters. The summed E-state index contributed by atoms with van der Waals surface area (Å²) < 4.78 is 5.09. The minimum atomic E-state index is -0.0803. The molecule has 19 heavy (non-hydrogen) atoms. The van der Waals surface area contributed by atoms with Crippen LogP contribution in [0.3, 0.4) is 0 Å². The van der Waals surface area contributed by atoms with Crippen LogP contribution in [0.15, 0.2) is 41.6 Å². The molecule has 0 aliphatic heterocycles. The summed E-state index contributed by atoms with van der Waals surface area (Å²) in [5.74, 6) is 0.565. The van der Waals surface area contributed by atoms with Gasteiger partial charge in [-0.3, -0.25) is 0 Å². The number of hydrogen-bond acceptors (Lipinski definition) is 5. The van der Waals surface area contributed by atoms with Gasteiger partial charge in [-0.1, -0.05) is 18.2 Å². The number of methoxy groups -OCH3 is 1. The molecule has 0 aliphatic carbocycles. The Kier molecular flexibility index (Phi) is 4.76. The molecule has 0 bridgehead atoms. The van der Waals surface area contributed by atoms with E-state index in [-0.39, 0.29) is 6.04 Å². The number of aromatic nitrogens is 2. The Morgan fingerprint density at radius 2 is 2.11 bits per heavy atom. The molecule has 0 aliphatic rings. The first-order valence-electron chi connectivity index (χ1n) is 5.98. The first-order chi connectivity index (χ1) is 9.24. The Balaban J connectivity index is 2.18. The lowest BCUT2D eigenvalue weighted by Crippen LogP contribution is -2.15. The number of hydrogen-bond donors (Lipinski definition) is 1. The zero-order chi connectivity index (χ0) is 13.7. The molecule has 1 aromatic carbocycles. The van der Waals surface area contributed by atoms with Crippen LogP contribution >= 0.6 is 11.8 Å². The number of benzene rings is 1. The van der Waals surface area contributed by atoms with Crippen molar-refractivity contribution in [2.45, 2.75) is 17.4 Å². The van der Waals surface area contributed by atoms with Crippen LogP contribution in [0.1, 0.15) is 17.3 Å². The van der Waals surface area contributed by atoms with Crippen molar-refractivity contribution in [1.29, 1.82) is 0 Å². The van der Waals surface area contributed by atoms with Crippen LogP contribution in [0.5, 0.6) is 5.88 Å². The molecule has 2 N–H and O–H groups in total. The predicted octanol–water partition coefficient (Wildman–Crippen LogP) is 2.45. The van der Waals surface area contributed by atoms with Gasteiger partial charge in [-0.25, -0.2) is 9.97 Å². The topological polar surface area (TPSA) is 61.0 Å². The Bertz CT molecular complexity index is 548. The SMILES string of the molecule is COc1cc(CC(N)c2ccccc2SC)ncn1. The fraction of sp³-hybridized carbons (Fsp3) is 0.286. The molecule has 0 spiro atoms. The number of rotatable bonds is 5. The quantitative estimate of drug-likeness (QED) is 0.849. The molecule has 1 heterocycles. The van der Waals surface area contributed by atoms with E-state index in [9.17, 15) is 0 Å². The Hall–Kier alpha value is -1.59. The molecule has 0 fully saturated rings. The van der Waals surface area contributed by atoms with Gasteiger partial charge in [0.05, 0.1) is 7.11 Å². The summed E-state index contributed by atoms with van der Waals surface area (Å²) in [5.41, 5.74) is 8.31. The molecule has 1 aromatic heterocycles. The monoisotopic (exact) mass is 275 g/mol. The summed E-state index contributed by atoms with van der Waals surface area (Å²) in [7, 11) is 1.59. The molecule has 0 radical (unpaired) electrons. The number of nitrogens with zero attached hydrogens (tertiary/aromatic N) is 2. The first-order valence-corrected chi connectivity index (χ1v) is 7.20. The molecule has 100 valence electrons. The highest BCUT2D eigenvalue weighted by Crippen LogP contribution is 2.26. The fourth-order valence-electron chi connectivity index (χ4n) is 1.91. The average molecular weight is 275 g/mol. The highest BCUT2D eigenvalue weighted by molar-refractivity contribution is 7.98. The van der Waals surface area contributed by atoms with Crippen molar-refractivity contribution in [3.05, 3.63) is 47.9 Å². The summed E-state index contributed by atoms with van der Waals surface area (Å²) in [4.78, 5) is 9.43. The summed E-state index contributed by atoms with van der Waals surface area (Å²) in [6, 6.07) is 9.92. The van der Waals surface area contributed by atoms with Gasteiger partial charge < -0.3 is 10.5 Å². The summed E-state index contributed by atoms with van der Waals surface area (Å²) in [6.45, 7) is 0. The van der Waals surface area contributed by atoms with Crippen molar-refractivity contribution in [1.82, 2.24) is 9.97 Å². The Labute approximate surface area is 117 Å². The third-order valence-corrected chi connectivity index (χ3v) is 3.69. The zero-order valence-corrected chi connectivity index (χ0v) is 11.9. The van der Waals surface area contributed by atoms with Gasteiger partial charge in [0.2, 0.25) is 5.88 Å². The molecule has 5 heteroatoms. The minimum absolute atomic E-state index is 0.0803. The number of thioether (sulfide) groups is 1. The molecule has 4 nitrogen and oxygen atoms in total. The summed E-state index contributed by atoms with van der Waals surface area (Å²) in [5, 5.41) is 0. The second-order valence-corrected chi connectivity index (χ2v) is 4.95. The second kappa shape index (κ2) is 6.54. The normalized spacial score (nSPS) is 12.2. The highest BCUT2D eigenvalue weighted by Gasteiger charge is 2.12. The molecule has 1 atom stereocenters. The van der Waals surface area contributed by atoms with Crippen LogP contribution in [0.25, 0.3) is 0 Å². The van der Waals surface area contributed by atoms with Crippen LogP contribution in [-0.2, 0) is 6.42 Å². The predicted molar refractivity (Wildman–Crippen MR) is 77.4 cm³/mol. The number of ether oxygens (including phenoxy) is 1. The fourth-order valence-corrected chi connectivity index (χ4v) is 2.58. The highest BCUT2D eigenvalue weighted by atomic mass is 32.2. The summed E-state index contributed by atoms with van der Waals surface area (Å²) >= 11 is 1.70. The van der Waals surface area contributed by atoms with Crippen LogP contribution in [0.4, 0.5) is 0 Å². The van der Waals surface area contributed by atoms with E-state index in [1.54, 1.807) is 18.9 Å². The van der Waals surface area contributed by atoms with Gasteiger partial charge in [0.1, 0.15) is 6.33 Å². The van der Waals surface area contributed by atoms with E-state index in [0.717, 1.165) is 11.3 Å². The van der Waals surface area contributed by atoms with Crippen molar-refractivity contribution in [3.63, 3.8) is 0 Å². The second-order valence-electron chi connectivity index (χ2n) is 4.10. The molecule has 0 saturated carbocycles. The molecular weight excluding hydrogens is 258 g/mol. The van der Waals surface area contributed by atoms with Gasteiger partial charge >= 0.3 is 0 Å². The van der Waals surface area contributed by atoms with Crippen LogP contribution < -0.4 is 10.5 Å². The van der Waals surface area contributed by atoms with Crippen molar-refractivity contribution >= 4 is 11.8 Å². The maximum Gasteiger partial charge on any atom is 0.216 e. The van der Waals surface area contributed by atoms with E-state index in [1.165, 1.54) is 11.2 Å². The van der Waals surface area contributed by atoms with E-state index < -0.39 is 0 Å². The lowest BCUT2D eigenvalue weighted by atomic mass is 10.0. The zero-order valence-electron chi connectivity index (χ0n) is 11.0. The largest absolute Gasteiger partial charge is 0.481 e. The van der Waals surface area contributed by atoms with Crippen molar-refractivity contribution in [2.24, 2.45) is 5.73 Å². The van der Waals surface area contributed by atoms with Gasteiger partial charge in [-0.05, 0) is 17.9 Å². The van der Waals surface area contributed by atoms with E-state index in [2.05, 4.69) is 28.4 Å². The van der Waals surface area contributed by atoms with Gasteiger partial charge in [-0.2, -0.15) is 0 Å². The third kappa shape index (κ3) is 3.45. The van der Waals surface area contributed by atoms with Crippen LogP contribution in [0.2, 0.25) is 0 Å².